The van der Waals surface area contributed by atoms with E-state index in [-0.39, 0.29) is 6.10 Å². The minimum absolute atomic E-state index is 0.313. The number of ether oxygens (including phenoxy) is 1. The Morgan fingerprint density at radius 1 is 1.28 bits per heavy atom. The van der Waals surface area contributed by atoms with Crippen molar-refractivity contribution in [3.8, 4) is 5.75 Å². The molecule has 0 aliphatic rings. The lowest BCUT2D eigenvalue weighted by Crippen LogP contribution is -2.03. The first-order valence-corrected chi connectivity index (χ1v) is 6.01. The van der Waals surface area contributed by atoms with Gasteiger partial charge in [0.25, 0.3) is 0 Å². The summed E-state index contributed by atoms with van der Waals surface area (Å²) in [5.74, 6) is 0.827. The molecular weight excluding hydrogens is 228 g/mol. The van der Waals surface area contributed by atoms with Crippen molar-refractivity contribution in [2.75, 3.05) is 0 Å². The topological polar surface area (TPSA) is 47.3 Å². The van der Waals surface area contributed by atoms with Crippen molar-refractivity contribution in [1.29, 1.82) is 0 Å². The van der Waals surface area contributed by atoms with Crippen LogP contribution in [0.1, 0.15) is 18.1 Å². The second-order valence-electron chi connectivity index (χ2n) is 4.51. The maximum Gasteiger partial charge on any atom is 0.119 e. The highest BCUT2D eigenvalue weighted by Crippen LogP contribution is 2.15. The molecule has 0 saturated carbocycles. The van der Waals surface area contributed by atoms with Crippen LogP contribution in [0.2, 0.25) is 0 Å². The zero-order valence-corrected chi connectivity index (χ0v) is 10.7. The molecule has 0 amide bonds. The van der Waals surface area contributed by atoms with Crippen molar-refractivity contribution >= 4 is 0 Å². The lowest BCUT2D eigenvalue weighted by Gasteiger charge is -2.07. The van der Waals surface area contributed by atoms with Crippen molar-refractivity contribution in [2.45, 2.75) is 26.1 Å². The van der Waals surface area contributed by atoms with Gasteiger partial charge < -0.3 is 9.84 Å². The standard InChI is InChI=1S/C14H18N2O2/c1-11(17)7-12-3-5-14(6-4-12)18-10-13-8-15-16(2)9-13/h3-6,8-9,11,17H,7,10H2,1-2H3. The van der Waals surface area contributed by atoms with E-state index >= 15 is 0 Å². The third kappa shape index (κ3) is 3.60. The van der Waals surface area contributed by atoms with Crippen LogP contribution in [0.5, 0.6) is 5.75 Å². The largest absolute Gasteiger partial charge is 0.489 e. The Morgan fingerprint density at radius 3 is 2.56 bits per heavy atom. The maximum absolute atomic E-state index is 9.29. The first kappa shape index (κ1) is 12.6. The minimum atomic E-state index is -0.313. The van der Waals surface area contributed by atoms with Crippen LogP contribution in [0.3, 0.4) is 0 Å². The molecule has 96 valence electrons. The van der Waals surface area contributed by atoms with Crippen LogP contribution in [0.4, 0.5) is 0 Å². The summed E-state index contributed by atoms with van der Waals surface area (Å²) < 4.78 is 7.40. The Kier molecular flexibility index (Phi) is 3.99. The van der Waals surface area contributed by atoms with Crippen LogP contribution in [0, 0.1) is 0 Å². The van der Waals surface area contributed by atoms with E-state index in [2.05, 4.69) is 5.10 Å². The van der Waals surface area contributed by atoms with Crippen molar-refractivity contribution in [1.82, 2.24) is 9.78 Å². The summed E-state index contributed by atoms with van der Waals surface area (Å²) in [5, 5.41) is 13.4. The minimum Gasteiger partial charge on any atom is -0.489 e. The molecule has 0 saturated heterocycles. The van der Waals surface area contributed by atoms with Crippen LogP contribution >= 0.6 is 0 Å². The molecule has 0 radical (unpaired) electrons. The van der Waals surface area contributed by atoms with E-state index in [1.807, 2.05) is 37.5 Å². The smallest absolute Gasteiger partial charge is 0.119 e. The average Bonchev–Trinajstić information content (AvgIpc) is 2.74. The van der Waals surface area contributed by atoms with Crippen molar-refractivity contribution in [3.05, 3.63) is 47.8 Å². The highest BCUT2D eigenvalue weighted by Gasteiger charge is 2.01. The van der Waals surface area contributed by atoms with Gasteiger partial charge in [0.2, 0.25) is 0 Å². The van der Waals surface area contributed by atoms with Crippen molar-refractivity contribution < 1.29 is 9.84 Å². The highest BCUT2D eigenvalue weighted by molar-refractivity contribution is 5.27. The van der Waals surface area contributed by atoms with E-state index in [4.69, 9.17) is 4.74 Å². The predicted molar refractivity (Wildman–Crippen MR) is 69.4 cm³/mol. The molecule has 0 spiro atoms. The molecule has 0 bridgehead atoms. The molecule has 4 nitrogen and oxygen atoms in total. The first-order chi connectivity index (χ1) is 8.63. The van der Waals surface area contributed by atoms with Gasteiger partial charge in [-0.3, -0.25) is 4.68 Å². The molecule has 0 aliphatic carbocycles. The van der Waals surface area contributed by atoms with Gasteiger partial charge in [0.15, 0.2) is 0 Å². The van der Waals surface area contributed by atoms with E-state index in [0.29, 0.717) is 13.0 Å². The quantitative estimate of drug-likeness (QED) is 0.876. The number of aliphatic hydroxyl groups is 1. The summed E-state index contributed by atoms with van der Waals surface area (Å²) in [6.45, 7) is 2.30. The molecule has 1 aromatic carbocycles. The molecule has 1 unspecified atom stereocenters. The van der Waals surface area contributed by atoms with Gasteiger partial charge in [-0.25, -0.2) is 0 Å². The Labute approximate surface area is 107 Å². The summed E-state index contributed by atoms with van der Waals surface area (Å²) in [6.07, 6.45) is 4.08. The van der Waals surface area contributed by atoms with Crippen LogP contribution < -0.4 is 4.74 Å². The van der Waals surface area contributed by atoms with Gasteiger partial charge in [-0.1, -0.05) is 12.1 Å². The first-order valence-electron chi connectivity index (χ1n) is 6.01. The number of hydrogen-bond acceptors (Lipinski definition) is 3. The SMILES string of the molecule is CC(O)Cc1ccc(OCc2cnn(C)c2)cc1. The van der Waals surface area contributed by atoms with E-state index in [0.717, 1.165) is 16.9 Å². The van der Waals surface area contributed by atoms with Crippen molar-refractivity contribution in [2.24, 2.45) is 7.05 Å². The predicted octanol–water partition coefficient (Wildman–Crippen LogP) is 1.92. The molecule has 1 aromatic heterocycles. The molecular formula is C14H18N2O2. The van der Waals surface area contributed by atoms with E-state index in [1.54, 1.807) is 17.8 Å². The number of aliphatic hydroxyl groups excluding tert-OH is 1. The fraction of sp³-hybridized carbons (Fsp3) is 0.357. The molecule has 4 heteroatoms. The molecule has 2 rings (SSSR count). The van der Waals surface area contributed by atoms with Crippen LogP contribution in [-0.2, 0) is 20.1 Å². The molecule has 18 heavy (non-hydrogen) atoms. The molecule has 0 fully saturated rings. The number of aromatic nitrogens is 2. The number of nitrogens with zero attached hydrogens (tertiary/aromatic N) is 2. The molecule has 1 N–H and O–H groups in total. The van der Waals surface area contributed by atoms with Gasteiger partial charge in [-0.15, -0.1) is 0 Å². The molecule has 1 heterocycles. The second kappa shape index (κ2) is 5.69. The van der Waals surface area contributed by atoms with Crippen LogP contribution in [0.25, 0.3) is 0 Å². The normalized spacial score (nSPS) is 12.4. The van der Waals surface area contributed by atoms with Gasteiger partial charge in [0.1, 0.15) is 12.4 Å². The monoisotopic (exact) mass is 246 g/mol. The molecule has 2 aromatic rings. The summed E-state index contributed by atoms with van der Waals surface area (Å²) >= 11 is 0. The Balaban J connectivity index is 1.90. The van der Waals surface area contributed by atoms with Crippen LogP contribution in [0.15, 0.2) is 36.7 Å². The fourth-order valence-corrected chi connectivity index (χ4v) is 1.78. The second-order valence-corrected chi connectivity index (χ2v) is 4.51. The van der Waals surface area contributed by atoms with Gasteiger partial charge in [-0.05, 0) is 31.0 Å². The number of hydrogen-bond donors (Lipinski definition) is 1. The summed E-state index contributed by atoms with van der Waals surface area (Å²) in [7, 11) is 1.88. The zero-order chi connectivity index (χ0) is 13.0. The number of rotatable bonds is 5. The van der Waals surface area contributed by atoms with Crippen molar-refractivity contribution in [3.63, 3.8) is 0 Å². The lowest BCUT2D eigenvalue weighted by molar-refractivity contribution is 0.195. The number of aryl methyl sites for hydroxylation is 1. The summed E-state index contributed by atoms with van der Waals surface area (Å²) in [5.41, 5.74) is 2.16. The lowest BCUT2D eigenvalue weighted by atomic mass is 10.1. The van der Waals surface area contributed by atoms with E-state index < -0.39 is 0 Å². The summed E-state index contributed by atoms with van der Waals surface area (Å²) in [6, 6.07) is 7.80. The zero-order valence-electron chi connectivity index (χ0n) is 10.7. The fourth-order valence-electron chi connectivity index (χ4n) is 1.78. The highest BCUT2D eigenvalue weighted by atomic mass is 16.5. The van der Waals surface area contributed by atoms with Gasteiger partial charge in [0.05, 0.1) is 12.3 Å². The summed E-state index contributed by atoms with van der Waals surface area (Å²) in [4.78, 5) is 0. The Bertz CT molecular complexity index is 489. The Morgan fingerprint density at radius 2 is 2.00 bits per heavy atom. The third-order valence-electron chi connectivity index (χ3n) is 2.62. The molecule has 1 atom stereocenters. The average molecular weight is 246 g/mol. The number of benzene rings is 1. The maximum atomic E-state index is 9.29. The van der Waals surface area contributed by atoms with E-state index in [1.165, 1.54) is 0 Å². The van der Waals surface area contributed by atoms with Gasteiger partial charge in [0, 0.05) is 18.8 Å². The van der Waals surface area contributed by atoms with Gasteiger partial charge >= 0.3 is 0 Å². The van der Waals surface area contributed by atoms with Crippen LogP contribution in [-0.4, -0.2) is 21.0 Å². The van der Waals surface area contributed by atoms with E-state index in [9.17, 15) is 5.11 Å². The van der Waals surface area contributed by atoms with Gasteiger partial charge in [-0.2, -0.15) is 5.10 Å². The molecule has 0 aliphatic heterocycles. The Hall–Kier alpha value is -1.81. The third-order valence-corrected chi connectivity index (χ3v) is 2.62.